The van der Waals surface area contributed by atoms with Crippen LogP contribution in [0.5, 0.6) is 5.75 Å². The number of hydrogen-bond acceptors (Lipinski definition) is 10. The summed E-state index contributed by atoms with van der Waals surface area (Å²) in [6.07, 6.45) is 3.12. The van der Waals surface area contributed by atoms with E-state index >= 15 is 0 Å². The van der Waals surface area contributed by atoms with Crippen molar-refractivity contribution in [2.24, 2.45) is 5.92 Å². The van der Waals surface area contributed by atoms with Gasteiger partial charge in [-0.25, -0.2) is 4.98 Å². The van der Waals surface area contributed by atoms with Gasteiger partial charge < -0.3 is 26.0 Å². The number of methoxy groups -OCH3 is 1. The molecule has 2 aromatic heterocycles. The van der Waals surface area contributed by atoms with Gasteiger partial charge in [-0.1, -0.05) is 6.07 Å². The highest BCUT2D eigenvalue weighted by atomic mass is 32.1. The Morgan fingerprint density at radius 2 is 1.98 bits per heavy atom. The standard InChI is InChI=1S/C24H27B3N8O4S/c1-39-20-14(23-30-11-13(40-23)10-29-18(36)7-8-28)3-2-4-15(20)31-16-9-17(32-21(37)12-5-6-12)34-35-19(16)22(38)33-24(25,26)27/h2-4,9,11-12H,5-7,10,25-27H2,1H3,(H,29,36)(H,33,38)(H2,31,32,34,37). The van der Waals surface area contributed by atoms with Gasteiger partial charge in [0.1, 0.15) is 35.0 Å². The van der Waals surface area contributed by atoms with Crippen molar-refractivity contribution in [2.75, 3.05) is 17.7 Å². The number of para-hydroxylation sites is 1. The lowest BCUT2D eigenvalue weighted by Gasteiger charge is -2.22. The summed E-state index contributed by atoms with van der Waals surface area (Å²) in [5.41, 5.74) is 1.61. The van der Waals surface area contributed by atoms with E-state index in [2.05, 4.69) is 36.4 Å². The van der Waals surface area contributed by atoms with Gasteiger partial charge in [-0.3, -0.25) is 14.4 Å². The third kappa shape index (κ3) is 7.38. The summed E-state index contributed by atoms with van der Waals surface area (Å²) in [4.78, 5) is 42.4. The topological polar surface area (TPSA) is 171 Å². The second kappa shape index (κ2) is 12.2. The number of carbonyl (C=O) groups excluding carboxylic acids is 3. The summed E-state index contributed by atoms with van der Waals surface area (Å²) in [6.45, 7) is 0.253. The molecule has 0 bridgehead atoms. The third-order valence-corrected chi connectivity index (χ3v) is 6.70. The number of hydrogen-bond donors (Lipinski definition) is 4. The highest BCUT2D eigenvalue weighted by Crippen LogP contribution is 2.40. The minimum atomic E-state index is -0.511. The Morgan fingerprint density at radius 1 is 1.20 bits per heavy atom. The molecule has 0 unspecified atom stereocenters. The van der Waals surface area contributed by atoms with Crippen molar-refractivity contribution in [3.8, 4) is 22.4 Å². The molecule has 3 aromatic rings. The highest BCUT2D eigenvalue weighted by Gasteiger charge is 2.30. The van der Waals surface area contributed by atoms with Crippen LogP contribution in [-0.4, -0.2) is 68.8 Å². The second-order valence-corrected chi connectivity index (χ2v) is 11.3. The summed E-state index contributed by atoms with van der Waals surface area (Å²) in [6, 6.07) is 8.84. The van der Waals surface area contributed by atoms with Crippen molar-refractivity contribution in [1.82, 2.24) is 25.8 Å². The van der Waals surface area contributed by atoms with Crippen LogP contribution in [0.4, 0.5) is 17.2 Å². The van der Waals surface area contributed by atoms with Gasteiger partial charge in [-0.2, -0.15) is 5.26 Å². The number of carbonyl (C=O) groups is 3. The quantitative estimate of drug-likeness (QED) is 0.227. The van der Waals surface area contributed by atoms with Crippen LogP contribution >= 0.6 is 11.3 Å². The van der Waals surface area contributed by atoms with E-state index in [9.17, 15) is 14.4 Å². The lowest BCUT2D eigenvalue weighted by atomic mass is 9.49. The molecule has 0 aliphatic heterocycles. The molecule has 16 heteroatoms. The first kappa shape index (κ1) is 28.6. The molecule has 2 heterocycles. The second-order valence-electron chi connectivity index (χ2n) is 10.2. The Balaban J connectivity index is 1.64. The number of ether oxygens (including phenoxy) is 1. The van der Waals surface area contributed by atoms with E-state index in [1.54, 1.807) is 18.3 Å². The number of nitriles is 1. The molecule has 1 aliphatic rings. The molecule has 3 amide bonds. The average molecular weight is 556 g/mol. The number of benzene rings is 1. The minimum absolute atomic E-state index is 0.0262. The lowest BCUT2D eigenvalue weighted by Crippen LogP contribution is -2.50. The zero-order valence-corrected chi connectivity index (χ0v) is 23.4. The predicted molar refractivity (Wildman–Crippen MR) is 159 cm³/mol. The van der Waals surface area contributed by atoms with Gasteiger partial charge in [-0.05, 0) is 30.2 Å². The van der Waals surface area contributed by atoms with Gasteiger partial charge in [-0.15, -0.1) is 21.5 Å². The number of aromatic nitrogens is 3. The van der Waals surface area contributed by atoms with Gasteiger partial charge in [0, 0.05) is 23.1 Å². The first-order valence-corrected chi connectivity index (χ1v) is 13.4. The van der Waals surface area contributed by atoms with E-state index in [0.717, 1.165) is 17.7 Å². The molecular formula is C24H27B3N8O4S. The first-order chi connectivity index (χ1) is 19.1. The van der Waals surface area contributed by atoms with Gasteiger partial charge >= 0.3 is 0 Å². The van der Waals surface area contributed by atoms with Crippen LogP contribution in [0.3, 0.4) is 0 Å². The Morgan fingerprint density at radius 3 is 2.65 bits per heavy atom. The van der Waals surface area contributed by atoms with Crippen LogP contribution < -0.4 is 26.0 Å². The van der Waals surface area contributed by atoms with E-state index in [-0.39, 0.29) is 42.2 Å². The number of anilines is 3. The van der Waals surface area contributed by atoms with Crippen molar-refractivity contribution >= 4 is 69.8 Å². The fraction of sp³-hybridized carbons (Fsp3) is 0.292. The first-order valence-electron chi connectivity index (χ1n) is 12.6. The molecule has 4 rings (SSSR count). The van der Waals surface area contributed by atoms with Crippen LogP contribution in [-0.2, 0) is 16.1 Å². The molecule has 0 saturated heterocycles. The van der Waals surface area contributed by atoms with Crippen LogP contribution in [0.2, 0.25) is 0 Å². The third-order valence-electron chi connectivity index (χ3n) is 5.67. The molecule has 0 atom stereocenters. The molecule has 202 valence electrons. The van der Waals surface area contributed by atoms with Crippen molar-refractivity contribution in [2.45, 2.75) is 31.0 Å². The van der Waals surface area contributed by atoms with Gasteiger partial charge in [0.15, 0.2) is 17.3 Å². The maximum Gasteiger partial charge on any atom is 0.272 e. The molecule has 0 spiro atoms. The van der Waals surface area contributed by atoms with Gasteiger partial charge in [0.25, 0.3) is 5.91 Å². The van der Waals surface area contributed by atoms with Crippen molar-refractivity contribution < 1.29 is 19.1 Å². The van der Waals surface area contributed by atoms with Crippen molar-refractivity contribution in [3.63, 3.8) is 0 Å². The van der Waals surface area contributed by atoms with Gasteiger partial charge in [0.2, 0.25) is 11.8 Å². The van der Waals surface area contributed by atoms with E-state index in [4.69, 9.17) is 10.00 Å². The van der Waals surface area contributed by atoms with E-state index in [1.165, 1.54) is 18.4 Å². The zero-order chi connectivity index (χ0) is 28.9. The molecule has 1 saturated carbocycles. The fourth-order valence-electron chi connectivity index (χ4n) is 3.69. The maximum atomic E-state index is 13.1. The Hall–Kier alpha value is -4.38. The molecule has 1 fully saturated rings. The molecular weight excluding hydrogens is 529 g/mol. The van der Waals surface area contributed by atoms with E-state index < -0.39 is 11.1 Å². The van der Waals surface area contributed by atoms with Crippen LogP contribution in [0.1, 0.15) is 34.6 Å². The molecule has 40 heavy (non-hydrogen) atoms. The normalized spacial score (nSPS) is 12.6. The van der Waals surface area contributed by atoms with E-state index in [1.807, 2.05) is 41.7 Å². The Kier molecular flexibility index (Phi) is 8.74. The molecule has 4 N–H and O–H groups in total. The summed E-state index contributed by atoms with van der Waals surface area (Å²) >= 11 is 1.37. The maximum absolute atomic E-state index is 13.1. The highest BCUT2D eigenvalue weighted by molar-refractivity contribution is 7.15. The average Bonchev–Trinajstić information content (AvgIpc) is 3.64. The van der Waals surface area contributed by atoms with Crippen molar-refractivity contribution in [3.05, 3.63) is 41.0 Å². The molecule has 1 aromatic carbocycles. The lowest BCUT2D eigenvalue weighted by molar-refractivity contribution is -0.120. The molecule has 12 nitrogen and oxygen atoms in total. The number of rotatable bonds is 11. The zero-order valence-electron chi connectivity index (χ0n) is 22.6. The van der Waals surface area contributed by atoms with E-state index in [0.29, 0.717) is 27.7 Å². The smallest absolute Gasteiger partial charge is 0.272 e. The number of nitrogens with one attached hydrogen (secondary N) is 4. The van der Waals surface area contributed by atoms with Crippen molar-refractivity contribution in [1.29, 1.82) is 5.26 Å². The summed E-state index contributed by atoms with van der Waals surface area (Å²) in [5, 5.41) is 28.6. The summed E-state index contributed by atoms with van der Waals surface area (Å²) < 4.78 is 5.75. The number of nitrogens with zero attached hydrogens (tertiary/aromatic N) is 4. The Labute approximate surface area is 237 Å². The van der Waals surface area contributed by atoms with Gasteiger partial charge in [0.05, 0.1) is 36.7 Å². The minimum Gasteiger partial charge on any atom is -0.494 e. The number of thiazole rings is 1. The molecule has 0 radical (unpaired) electrons. The van der Waals surface area contributed by atoms with Crippen LogP contribution in [0.25, 0.3) is 10.6 Å². The monoisotopic (exact) mass is 556 g/mol. The molecule has 1 aliphatic carbocycles. The summed E-state index contributed by atoms with van der Waals surface area (Å²) in [7, 11) is 7.11. The SMILES string of the molecule is BC(B)(B)NC(=O)c1nnc(NC(=O)C2CC2)cc1Nc1cccc(-c2ncc(CNC(=O)CC#N)s2)c1OC. The Bertz CT molecular complexity index is 1480. The number of amides is 3. The van der Waals surface area contributed by atoms with Crippen LogP contribution in [0, 0.1) is 17.2 Å². The fourth-order valence-corrected chi connectivity index (χ4v) is 4.57. The van der Waals surface area contributed by atoms with Crippen LogP contribution in [0.15, 0.2) is 30.5 Å². The predicted octanol–water partition coefficient (Wildman–Crippen LogP) is -0.529. The summed E-state index contributed by atoms with van der Waals surface area (Å²) in [5.74, 6) is -0.243. The largest absolute Gasteiger partial charge is 0.494 e.